The summed E-state index contributed by atoms with van der Waals surface area (Å²) in [6.07, 6.45) is 0. The molecule has 88 valence electrons. The monoisotopic (exact) mass is 276 g/mol. The van der Waals surface area contributed by atoms with Gasteiger partial charge < -0.3 is 8.23 Å². The van der Waals surface area contributed by atoms with Gasteiger partial charge in [0.15, 0.2) is 9.76 Å². The highest BCUT2D eigenvalue weighted by Crippen LogP contribution is 1.91. The molecule has 5 heteroatoms. The molecule has 2 aromatic rings. The zero-order valence-electron chi connectivity index (χ0n) is 9.87. The van der Waals surface area contributed by atoms with Gasteiger partial charge in [-0.05, 0) is 10.4 Å². The zero-order chi connectivity index (χ0) is 11.9. The molecule has 0 spiro atoms. The summed E-state index contributed by atoms with van der Waals surface area (Å²) in [5.41, 5.74) is 0. The molecule has 17 heavy (non-hydrogen) atoms. The third-order valence-corrected chi connectivity index (χ3v) is 7.85. The highest BCUT2D eigenvalue weighted by molar-refractivity contribution is 6.70. The SMILES string of the molecule is [SiH3]O[SiH](O[SiH2]c1ccccc1)c1ccccc1. The van der Waals surface area contributed by atoms with Crippen LogP contribution in [0, 0.1) is 0 Å². The predicted octanol–water partition coefficient (Wildman–Crippen LogP) is -1.16. The minimum Gasteiger partial charge on any atom is -0.444 e. The third kappa shape index (κ3) is 3.76. The van der Waals surface area contributed by atoms with E-state index < -0.39 is 19.0 Å². The summed E-state index contributed by atoms with van der Waals surface area (Å²) in [6.45, 7) is 0. The average Bonchev–Trinajstić information content (AvgIpc) is 2.42. The smallest absolute Gasteiger partial charge is 0.334 e. The Hall–Kier alpha value is -0.989. The molecule has 0 heterocycles. The second-order valence-electron chi connectivity index (χ2n) is 3.77. The lowest BCUT2D eigenvalue weighted by Crippen LogP contribution is -2.39. The van der Waals surface area contributed by atoms with Crippen molar-refractivity contribution in [3.63, 3.8) is 0 Å². The molecule has 0 saturated heterocycles. The molecule has 0 radical (unpaired) electrons. The van der Waals surface area contributed by atoms with Crippen molar-refractivity contribution >= 4 is 39.9 Å². The lowest BCUT2D eigenvalue weighted by molar-refractivity contribution is 0.485. The molecule has 0 aliphatic heterocycles. The van der Waals surface area contributed by atoms with E-state index in [0.717, 1.165) is 10.5 Å². The summed E-state index contributed by atoms with van der Waals surface area (Å²) in [7, 11) is -1.53. The molecule has 1 unspecified atom stereocenters. The zero-order valence-corrected chi connectivity index (χ0v) is 14.4. The van der Waals surface area contributed by atoms with E-state index in [4.69, 9.17) is 8.23 Å². The van der Waals surface area contributed by atoms with Gasteiger partial charge in [-0.3, -0.25) is 0 Å². The van der Waals surface area contributed by atoms with Crippen molar-refractivity contribution in [2.24, 2.45) is 0 Å². The Kier molecular flexibility index (Phi) is 4.90. The second-order valence-corrected chi connectivity index (χ2v) is 9.43. The van der Waals surface area contributed by atoms with Gasteiger partial charge in [-0.1, -0.05) is 60.7 Å². The fourth-order valence-electron chi connectivity index (χ4n) is 1.66. The number of rotatable bonds is 5. The van der Waals surface area contributed by atoms with Crippen LogP contribution < -0.4 is 10.4 Å². The molecular weight excluding hydrogens is 260 g/mol. The molecule has 0 fully saturated rings. The van der Waals surface area contributed by atoms with Crippen LogP contribution in [0.3, 0.4) is 0 Å². The van der Waals surface area contributed by atoms with Gasteiger partial charge in [0.25, 0.3) is 0 Å². The topological polar surface area (TPSA) is 18.5 Å². The highest BCUT2D eigenvalue weighted by atomic mass is 28.4. The Labute approximate surface area is 109 Å². The maximum absolute atomic E-state index is 6.05. The van der Waals surface area contributed by atoms with E-state index >= 15 is 0 Å². The van der Waals surface area contributed by atoms with Crippen LogP contribution in [-0.4, -0.2) is 29.5 Å². The first-order valence-electron chi connectivity index (χ1n) is 5.63. The Morgan fingerprint density at radius 2 is 1.47 bits per heavy atom. The molecule has 0 N–H and O–H groups in total. The van der Waals surface area contributed by atoms with E-state index in [1.54, 1.807) is 0 Å². The van der Waals surface area contributed by atoms with Crippen molar-refractivity contribution in [1.29, 1.82) is 0 Å². The van der Waals surface area contributed by atoms with E-state index in [2.05, 4.69) is 36.4 Å². The van der Waals surface area contributed by atoms with E-state index in [1.165, 1.54) is 10.4 Å². The molecule has 0 saturated carbocycles. The van der Waals surface area contributed by atoms with Gasteiger partial charge in [0.05, 0.1) is 0 Å². The van der Waals surface area contributed by atoms with Crippen molar-refractivity contribution in [3.8, 4) is 0 Å². The fraction of sp³-hybridized carbons (Fsp3) is 0. The molecule has 0 bridgehead atoms. The Morgan fingerprint density at radius 3 is 2.06 bits per heavy atom. The maximum Gasteiger partial charge on any atom is 0.334 e. The van der Waals surface area contributed by atoms with E-state index in [1.807, 2.05) is 24.3 Å². The summed E-state index contributed by atoms with van der Waals surface area (Å²) < 4.78 is 11.7. The normalized spacial score (nSPS) is 13.2. The Bertz CT molecular complexity index is 436. The number of hydrogen-bond donors (Lipinski definition) is 0. The average molecular weight is 277 g/mol. The van der Waals surface area contributed by atoms with Gasteiger partial charge in [-0.2, -0.15) is 0 Å². The summed E-state index contributed by atoms with van der Waals surface area (Å²) in [5.74, 6) is 0. The van der Waals surface area contributed by atoms with E-state index in [-0.39, 0.29) is 0 Å². The van der Waals surface area contributed by atoms with Crippen molar-refractivity contribution < 1.29 is 8.23 Å². The molecule has 2 aromatic carbocycles. The second kappa shape index (κ2) is 6.67. The predicted molar refractivity (Wildman–Crippen MR) is 80.0 cm³/mol. The first-order valence-corrected chi connectivity index (χ1v) is 9.25. The summed E-state index contributed by atoms with van der Waals surface area (Å²) in [5, 5.41) is 2.57. The Morgan fingerprint density at radius 1 is 0.882 bits per heavy atom. The van der Waals surface area contributed by atoms with E-state index in [0.29, 0.717) is 0 Å². The lowest BCUT2D eigenvalue weighted by Gasteiger charge is -2.15. The van der Waals surface area contributed by atoms with Gasteiger partial charge in [0, 0.05) is 0 Å². The van der Waals surface area contributed by atoms with Gasteiger partial charge >= 0.3 is 9.28 Å². The van der Waals surface area contributed by atoms with Gasteiger partial charge in [0.1, 0.15) is 10.5 Å². The van der Waals surface area contributed by atoms with Crippen LogP contribution in [0.1, 0.15) is 0 Å². The molecule has 2 rings (SSSR count). The third-order valence-electron chi connectivity index (χ3n) is 2.53. The standard InChI is InChI=1S/C12H16O2Si3/c15-13-17(12-9-5-2-6-10-12)14-16-11-7-3-1-4-8-11/h1-10,17H,16H2,15H3. The molecule has 2 nitrogen and oxygen atoms in total. The van der Waals surface area contributed by atoms with Gasteiger partial charge in [0.2, 0.25) is 0 Å². The van der Waals surface area contributed by atoms with Crippen LogP contribution in [0.4, 0.5) is 0 Å². The molecule has 1 atom stereocenters. The van der Waals surface area contributed by atoms with Crippen LogP contribution in [0.15, 0.2) is 60.7 Å². The first-order chi connectivity index (χ1) is 8.40. The molecule has 0 aromatic heterocycles. The highest BCUT2D eigenvalue weighted by Gasteiger charge is 2.13. The largest absolute Gasteiger partial charge is 0.444 e. The van der Waals surface area contributed by atoms with Crippen LogP contribution >= 0.6 is 0 Å². The molecular formula is C12H16O2Si3. The van der Waals surface area contributed by atoms with Gasteiger partial charge in [-0.15, -0.1) is 0 Å². The quantitative estimate of drug-likeness (QED) is 0.641. The molecule has 0 amide bonds. The van der Waals surface area contributed by atoms with Crippen molar-refractivity contribution in [2.75, 3.05) is 0 Å². The van der Waals surface area contributed by atoms with Crippen LogP contribution in [0.2, 0.25) is 0 Å². The minimum absolute atomic E-state index is 0.655. The van der Waals surface area contributed by atoms with Crippen molar-refractivity contribution in [2.45, 2.75) is 0 Å². The van der Waals surface area contributed by atoms with Crippen molar-refractivity contribution in [3.05, 3.63) is 60.7 Å². The van der Waals surface area contributed by atoms with E-state index in [9.17, 15) is 0 Å². The number of hydrogen-bond acceptors (Lipinski definition) is 2. The first kappa shape index (κ1) is 12.5. The Balaban J connectivity index is 1.97. The van der Waals surface area contributed by atoms with Crippen molar-refractivity contribution in [1.82, 2.24) is 0 Å². The van der Waals surface area contributed by atoms with Crippen LogP contribution in [0.5, 0.6) is 0 Å². The van der Waals surface area contributed by atoms with Crippen LogP contribution in [0.25, 0.3) is 0 Å². The summed E-state index contributed by atoms with van der Waals surface area (Å²) >= 11 is 0. The summed E-state index contributed by atoms with van der Waals surface area (Å²) in [6, 6.07) is 20.8. The van der Waals surface area contributed by atoms with Gasteiger partial charge in [-0.25, -0.2) is 0 Å². The number of benzene rings is 2. The fourth-order valence-corrected chi connectivity index (χ4v) is 7.66. The molecule has 0 aliphatic rings. The summed E-state index contributed by atoms with van der Waals surface area (Å²) in [4.78, 5) is 0. The molecule has 0 aliphatic carbocycles. The maximum atomic E-state index is 6.05. The minimum atomic E-state index is -1.62. The lowest BCUT2D eigenvalue weighted by atomic mass is 10.4. The van der Waals surface area contributed by atoms with Crippen LogP contribution in [-0.2, 0) is 8.23 Å².